The lowest BCUT2D eigenvalue weighted by Gasteiger charge is -2.38. The topological polar surface area (TPSA) is 18.5 Å². The zero-order valence-electron chi connectivity index (χ0n) is 10.4. The van der Waals surface area contributed by atoms with E-state index < -0.39 is 5.79 Å². The number of fused-ring (bicyclic) bond motifs is 1. The summed E-state index contributed by atoms with van der Waals surface area (Å²) in [4.78, 5) is 0. The lowest BCUT2D eigenvalue weighted by molar-refractivity contribution is -0.208. The van der Waals surface area contributed by atoms with E-state index in [9.17, 15) is 0 Å². The highest BCUT2D eigenvalue weighted by Crippen LogP contribution is 2.39. The Hall–Kier alpha value is -1.64. The Morgan fingerprint density at radius 2 is 1.72 bits per heavy atom. The second kappa shape index (κ2) is 4.56. The molecule has 2 heteroatoms. The van der Waals surface area contributed by atoms with E-state index in [2.05, 4.69) is 18.2 Å². The van der Waals surface area contributed by atoms with Crippen molar-refractivity contribution < 1.29 is 9.47 Å². The zero-order chi connectivity index (χ0) is 12.4. The number of benzene rings is 2. The number of methoxy groups -OCH3 is 1. The number of hydrogen-bond donors (Lipinski definition) is 0. The first kappa shape index (κ1) is 11.5. The maximum Gasteiger partial charge on any atom is 0.222 e. The largest absolute Gasteiger partial charge is 0.346 e. The van der Waals surface area contributed by atoms with Gasteiger partial charge in [0.1, 0.15) is 0 Å². The van der Waals surface area contributed by atoms with Gasteiger partial charge in [0.05, 0.1) is 6.61 Å². The van der Waals surface area contributed by atoms with Crippen molar-refractivity contribution in [3.05, 3.63) is 71.3 Å². The van der Waals surface area contributed by atoms with Crippen LogP contribution in [0.5, 0.6) is 0 Å². The Morgan fingerprint density at radius 1 is 1.00 bits per heavy atom. The van der Waals surface area contributed by atoms with Gasteiger partial charge in [-0.3, -0.25) is 0 Å². The molecular formula is C16H16O2. The van der Waals surface area contributed by atoms with Crippen molar-refractivity contribution in [2.75, 3.05) is 13.7 Å². The highest BCUT2D eigenvalue weighted by atomic mass is 16.7. The molecule has 1 aliphatic rings. The van der Waals surface area contributed by atoms with Crippen molar-refractivity contribution in [3.8, 4) is 0 Å². The summed E-state index contributed by atoms with van der Waals surface area (Å²) in [7, 11) is 1.70. The van der Waals surface area contributed by atoms with E-state index >= 15 is 0 Å². The molecule has 3 rings (SSSR count). The van der Waals surface area contributed by atoms with Gasteiger partial charge in [-0.1, -0.05) is 54.6 Å². The molecule has 0 amide bonds. The zero-order valence-corrected chi connectivity index (χ0v) is 10.4. The van der Waals surface area contributed by atoms with Gasteiger partial charge in [-0.05, 0) is 12.0 Å². The van der Waals surface area contributed by atoms with Crippen LogP contribution in [0.2, 0.25) is 0 Å². The standard InChI is InChI=1S/C16H16O2/c1-17-16(14-8-3-2-4-9-14)15-10-6-5-7-13(15)11-12-18-16/h2-10H,11-12H2,1H3. The van der Waals surface area contributed by atoms with E-state index in [1.54, 1.807) is 7.11 Å². The van der Waals surface area contributed by atoms with E-state index in [4.69, 9.17) is 9.47 Å². The monoisotopic (exact) mass is 240 g/mol. The lowest BCUT2D eigenvalue weighted by atomic mass is 9.90. The third-order valence-electron chi connectivity index (χ3n) is 3.49. The summed E-state index contributed by atoms with van der Waals surface area (Å²) in [5, 5.41) is 0. The SMILES string of the molecule is COC1(c2ccccc2)OCCc2ccccc21. The Bertz CT molecular complexity index is 536. The molecule has 0 spiro atoms. The molecule has 0 bridgehead atoms. The molecule has 1 heterocycles. The van der Waals surface area contributed by atoms with Gasteiger partial charge in [-0.15, -0.1) is 0 Å². The molecule has 2 nitrogen and oxygen atoms in total. The molecule has 0 fully saturated rings. The summed E-state index contributed by atoms with van der Waals surface area (Å²) in [5.41, 5.74) is 3.46. The molecule has 1 atom stereocenters. The second-order valence-electron chi connectivity index (χ2n) is 4.44. The molecule has 0 saturated heterocycles. The van der Waals surface area contributed by atoms with E-state index in [-0.39, 0.29) is 0 Å². The van der Waals surface area contributed by atoms with Crippen molar-refractivity contribution in [2.24, 2.45) is 0 Å². The van der Waals surface area contributed by atoms with Crippen molar-refractivity contribution in [1.82, 2.24) is 0 Å². The van der Waals surface area contributed by atoms with Crippen LogP contribution in [0.1, 0.15) is 16.7 Å². The summed E-state index contributed by atoms with van der Waals surface area (Å²) in [6.07, 6.45) is 0.939. The van der Waals surface area contributed by atoms with E-state index in [1.165, 1.54) is 5.56 Å². The van der Waals surface area contributed by atoms with Crippen LogP contribution in [0.4, 0.5) is 0 Å². The van der Waals surface area contributed by atoms with Gasteiger partial charge in [0.25, 0.3) is 0 Å². The summed E-state index contributed by atoms with van der Waals surface area (Å²) < 4.78 is 11.8. The van der Waals surface area contributed by atoms with Crippen LogP contribution in [0.25, 0.3) is 0 Å². The first-order valence-corrected chi connectivity index (χ1v) is 6.20. The first-order chi connectivity index (χ1) is 8.87. The molecule has 0 aliphatic carbocycles. The highest BCUT2D eigenvalue weighted by molar-refractivity contribution is 5.40. The van der Waals surface area contributed by atoms with E-state index in [1.807, 2.05) is 36.4 Å². The van der Waals surface area contributed by atoms with Crippen LogP contribution < -0.4 is 0 Å². The molecule has 1 aliphatic heterocycles. The van der Waals surface area contributed by atoms with Crippen molar-refractivity contribution in [1.29, 1.82) is 0 Å². The Morgan fingerprint density at radius 3 is 2.50 bits per heavy atom. The minimum atomic E-state index is -0.754. The number of rotatable bonds is 2. The normalized spacial score (nSPS) is 22.5. The van der Waals surface area contributed by atoms with Gasteiger partial charge < -0.3 is 9.47 Å². The van der Waals surface area contributed by atoms with Crippen LogP contribution in [0.3, 0.4) is 0 Å². The fourth-order valence-corrected chi connectivity index (χ4v) is 2.62. The van der Waals surface area contributed by atoms with Crippen molar-refractivity contribution in [2.45, 2.75) is 12.2 Å². The minimum absolute atomic E-state index is 0.680. The summed E-state index contributed by atoms with van der Waals surface area (Å²) >= 11 is 0. The maximum atomic E-state index is 6.01. The Balaban J connectivity index is 2.19. The molecule has 0 N–H and O–H groups in total. The predicted molar refractivity (Wildman–Crippen MR) is 70.3 cm³/mol. The van der Waals surface area contributed by atoms with Crippen molar-refractivity contribution in [3.63, 3.8) is 0 Å². The third kappa shape index (κ3) is 1.65. The summed E-state index contributed by atoms with van der Waals surface area (Å²) in [6.45, 7) is 0.680. The average molecular weight is 240 g/mol. The predicted octanol–water partition coefficient (Wildman–Crippen LogP) is 3.11. The molecule has 0 saturated carbocycles. The fourth-order valence-electron chi connectivity index (χ4n) is 2.62. The molecule has 92 valence electrons. The van der Waals surface area contributed by atoms with Gasteiger partial charge in [0, 0.05) is 18.2 Å². The summed E-state index contributed by atoms with van der Waals surface area (Å²) in [5.74, 6) is -0.754. The Kier molecular flexibility index (Phi) is 2.90. The van der Waals surface area contributed by atoms with E-state index in [0.717, 1.165) is 17.5 Å². The van der Waals surface area contributed by atoms with Gasteiger partial charge in [-0.25, -0.2) is 0 Å². The third-order valence-corrected chi connectivity index (χ3v) is 3.49. The quantitative estimate of drug-likeness (QED) is 0.803. The highest BCUT2D eigenvalue weighted by Gasteiger charge is 2.39. The van der Waals surface area contributed by atoms with Crippen LogP contribution in [-0.4, -0.2) is 13.7 Å². The molecule has 1 unspecified atom stereocenters. The first-order valence-electron chi connectivity index (χ1n) is 6.20. The maximum absolute atomic E-state index is 6.01. The van der Waals surface area contributed by atoms with Crippen LogP contribution in [0.15, 0.2) is 54.6 Å². The number of hydrogen-bond acceptors (Lipinski definition) is 2. The van der Waals surface area contributed by atoms with Gasteiger partial charge in [-0.2, -0.15) is 0 Å². The van der Waals surface area contributed by atoms with Gasteiger partial charge in [0.2, 0.25) is 5.79 Å². The molecular weight excluding hydrogens is 224 g/mol. The summed E-state index contributed by atoms with van der Waals surface area (Å²) in [6, 6.07) is 18.4. The average Bonchev–Trinajstić information content (AvgIpc) is 2.47. The van der Waals surface area contributed by atoms with Crippen LogP contribution >= 0.6 is 0 Å². The smallest absolute Gasteiger partial charge is 0.222 e. The fraction of sp³-hybridized carbons (Fsp3) is 0.250. The lowest BCUT2D eigenvalue weighted by Crippen LogP contribution is -2.38. The van der Waals surface area contributed by atoms with Crippen LogP contribution in [-0.2, 0) is 21.7 Å². The van der Waals surface area contributed by atoms with Gasteiger partial charge >= 0.3 is 0 Å². The number of ether oxygens (including phenoxy) is 2. The molecule has 18 heavy (non-hydrogen) atoms. The van der Waals surface area contributed by atoms with Crippen LogP contribution in [0, 0.1) is 0 Å². The van der Waals surface area contributed by atoms with Crippen molar-refractivity contribution >= 4 is 0 Å². The second-order valence-corrected chi connectivity index (χ2v) is 4.44. The molecule has 2 aromatic rings. The van der Waals surface area contributed by atoms with Gasteiger partial charge in [0.15, 0.2) is 0 Å². The molecule has 2 aromatic carbocycles. The van der Waals surface area contributed by atoms with E-state index in [0.29, 0.717) is 6.61 Å². The minimum Gasteiger partial charge on any atom is -0.346 e. The molecule has 0 radical (unpaired) electrons. The Labute approximate surface area is 107 Å². The molecule has 0 aromatic heterocycles.